The summed E-state index contributed by atoms with van der Waals surface area (Å²) in [5.41, 5.74) is -0.372. The molecule has 0 spiro atoms. The van der Waals surface area contributed by atoms with Crippen molar-refractivity contribution < 1.29 is 27.5 Å². The molecule has 2 rings (SSSR count). The van der Waals surface area contributed by atoms with Crippen LogP contribution in [0, 0.1) is 0 Å². The molecule has 0 aromatic heterocycles. The van der Waals surface area contributed by atoms with Crippen LogP contribution < -0.4 is 4.72 Å². The SMILES string of the molecule is CCOC(=O)/C(=C\N1CCOCC1)C(=O)NS(=O)(=O)c1ccccc1. The lowest BCUT2D eigenvalue weighted by atomic mass is 10.2. The number of hydrogen-bond acceptors (Lipinski definition) is 7. The Balaban J connectivity index is 2.22. The van der Waals surface area contributed by atoms with Gasteiger partial charge in [0.2, 0.25) is 0 Å². The average Bonchev–Trinajstić information content (AvgIpc) is 2.61. The Morgan fingerprint density at radius 1 is 1.24 bits per heavy atom. The predicted octanol–water partition coefficient (Wildman–Crippen LogP) is 0.271. The number of hydrogen-bond donors (Lipinski definition) is 1. The zero-order valence-corrected chi connectivity index (χ0v) is 14.6. The summed E-state index contributed by atoms with van der Waals surface area (Å²) >= 11 is 0. The molecule has 0 saturated carbocycles. The van der Waals surface area contributed by atoms with Crippen LogP contribution in [0.3, 0.4) is 0 Å². The standard InChI is InChI=1S/C16H20N2O6S/c1-2-24-16(20)14(12-18-8-10-23-11-9-18)15(19)17-25(21,22)13-6-4-3-5-7-13/h3-7,12H,2,8-11H2,1H3,(H,17,19)/b14-12-. The van der Waals surface area contributed by atoms with Gasteiger partial charge < -0.3 is 14.4 Å². The van der Waals surface area contributed by atoms with Crippen LogP contribution in [0.15, 0.2) is 47.0 Å². The van der Waals surface area contributed by atoms with Gasteiger partial charge in [0.25, 0.3) is 15.9 Å². The molecule has 0 radical (unpaired) electrons. The van der Waals surface area contributed by atoms with Crippen LogP contribution in [-0.2, 0) is 29.1 Å². The van der Waals surface area contributed by atoms with E-state index in [4.69, 9.17) is 9.47 Å². The molecule has 1 aliphatic rings. The molecule has 0 bridgehead atoms. The van der Waals surface area contributed by atoms with Crippen LogP contribution >= 0.6 is 0 Å². The Bertz CT molecular complexity index is 739. The van der Waals surface area contributed by atoms with E-state index >= 15 is 0 Å². The molecule has 9 heteroatoms. The number of carbonyl (C=O) groups is 2. The second-order valence-corrected chi connectivity index (χ2v) is 6.84. The molecule has 1 aliphatic heterocycles. The summed E-state index contributed by atoms with van der Waals surface area (Å²) in [4.78, 5) is 26.1. The summed E-state index contributed by atoms with van der Waals surface area (Å²) in [7, 11) is -4.09. The van der Waals surface area contributed by atoms with Crippen molar-refractivity contribution in [2.75, 3.05) is 32.9 Å². The molecule has 8 nitrogen and oxygen atoms in total. The van der Waals surface area contributed by atoms with Crippen LogP contribution in [0.4, 0.5) is 0 Å². The van der Waals surface area contributed by atoms with E-state index in [1.54, 1.807) is 17.9 Å². The van der Waals surface area contributed by atoms with E-state index in [0.29, 0.717) is 26.3 Å². The number of ether oxygens (including phenoxy) is 2. The number of nitrogens with one attached hydrogen (secondary N) is 1. The van der Waals surface area contributed by atoms with Crippen molar-refractivity contribution in [3.05, 3.63) is 42.1 Å². The number of benzene rings is 1. The molecule has 1 fully saturated rings. The quantitative estimate of drug-likeness (QED) is 0.333. The number of carbonyl (C=O) groups excluding carboxylic acids is 2. The van der Waals surface area contributed by atoms with Crippen molar-refractivity contribution in [3.8, 4) is 0 Å². The monoisotopic (exact) mass is 368 g/mol. The summed E-state index contributed by atoms with van der Waals surface area (Å²) < 4.78 is 36.5. The van der Waals surface area contributed by atoms with Gasteiger partial charge in [0, 0.05) is 19.3 Å². The van der Waals surface area contributed by atoms with Gasteiger partial charge in [-0.3, -0.25) is 4.79 Å². The van der Waals surface area contributed by atoms with E-state index in [1.165, 1.54) is 30.5 Å². The van der Waals surface area contributed by atoms with Crippen molar-refractivity contribution in [2.45, 2.75) is 11.8 Å². The van der Waals surface area contributed by atoms with Gasteiger partial charge in [0.05, 0.1) is 24.7 Å². The predicted molar refractivity (Wildman–Crippen MR) is 88.9 cm³/mol. The minimum absolute atomic E-state index is 0.0675. The molecule has 1 N–H and O–H groups in total. The molecule has 1 amide bonds. The second-order valence-electron chi connectivity index (χ2n) is 5.16. The lowest BCUT2D eigenvalue weighted by Crippen LogP contribution is -2.37. The number of esters is 1. The highest BCUT2D eigenvalue weighted by molar-refractivity contribution is 7.90. The largest absolute Gasteiger partial charge is 0.462 e. The molecule has 1 heterocycles. The van der Waals surface area contributed by atoms with E-state index in [-0.39, 0.29) is 17.1 Å². The smallest absolute Gasteiger partial charge is 0.345 e. The Hall–Kier alpha value is -2.39. The van der Waals surface area contributed by atoms with Gasteiger partial charge in [-0.15, -0.1) is 0 Å². The van der Waals surface area contributed by atoms with Crippen molar-refractivity contribution in [1.29, 1.82) is 0 Å². The maximum absolute atomic E-state index is 12.4. The molecule has 0 unspecified atom stereocenters. The van der Waals surface area contributed by atoms with E-state index in [1.807, 2.05) is 4.72 Å². The Morgan fingerprint density at radius 3 is 2.48 bits per heavy atom. The fraction of sp³-hybridized carbons (Fsp3) is 0.375. The lowest BCUT2D eigenvalue weighted by Gasteiger charge is -2.25. The Morgan fingerprint density at radius 2 is 1.88 bits per heavy atom. The number of amides is 1. The molecule has 0 atom stereocenters. The summed E-state index contributed by atoms with van der Waals surface area (Å²) in [6.07, 6.45) is 1.32. The third-order valence-corrected chi connectivity index (χ3v) is 4.72. The minimum Gasteiger partial charge on any atom is -0.462 e. The molecule has 1 saturated heterocycles. The number of nitrogens with zero attached hydrogens (tertiary/aromatic N) is 1. The molecule has 1 aromatic rings. The third-order valence-electron chi connectivity index (χ3n) is 3.38. The van der Waals surface area contributed by atoms with Crippen molar-refractivity contribution in [1.82, 2.24) is 9.62 Å². The zero-order valence-electron chi connectivity index (χ0n) is 13.8. The molecule has 25 heavy (non-hydrogen) atoms. The summed E-state index contributed by atoms with van der Waals surface area (Å²) in [5, 5.41) is 0. The second kappa shape index (κ2) is 8.63. The first-order chi connectivity index (χ1) is 11.9. The topological polar surface area (TPSA) is 102 Å². The third kappa shape index (κ3) is 5.30. The van der Waals surface area contributed by atoms with Gasteiger partial charge in [-0.25, -0.2) is 17.9 Å². The maximum Gasteiger partial charge on any atom is 0.345 e. The van der Waals surface area contributed by atoms with Crippen LogP contribution in [0.25, 0.3) is 0 Å². The summed E-state index contributed by atoms with van der Waals surface area (Å²) in [6, 6.07) is 7.43. The fourth-order valence-corrected chi connectivity index (χ4v) is 3.12. The van der Waals surface area contributed by atoms with E-state index < -0.39 is 21.9 Å². The van der Waals surface area contributed by atoms with E-state index in [9.17, 15) is 18.0 Å². The van der Waals surface area contributed by atoms with Crippen LogP contribution in [0.5, 0.6) is 0 Å². The normalized spacial score (nSPS) is 15.6. The van der Waals surface area contributed by atoms with Crippen molar-refractivity contribution in [2.24, 2.45) is 0 Å². The number of morpholine rings is 1. The number of rotatable bonds is 6. The molecular weight excluding hydrogens is 348 g/mol. The first kappa shape index (κ1) is 18.9. The van der Waals surface area contributed by atoms with Crippen LogP contribution in [0.1, 0.15) is 6.92 Å². The zero-order chi connectivity index (χ0) is 18.3. The fourth-order valence-electron chi connectivity index (χ4n) is 2.14. The molecule has 136 valence electrons. The van der Waals surface area contributed by atoms with Crippen LogP contribution in [0.2, 0.25) is 0 Å². The first-order valence-electron chi connectivity index (χ1n) is 7.77. The van der Waals surface area contributed by atoms with E-state index in [2.05, 4.69) is 0 Å². The van der Waals surface area contributed by atoms with Gasteiger partial charge in [-0.1, -0.05) is 18.2 Å². The van der Waals surface area contributed by atoms with Gasteiger partial charge in [-0.2, -0.15) is 0 Å². The van der Waals surface area contributed by atoms with Crippen molar-refractivity contribution >= 4 is 21.9 Å². The van der Waals surface area contributed by atoms with Gasteiger partial charge in [0.1, 0.15) is 5.57 Å². The highest BCUT2D eigenvalue weighted by Gasteiger charge is 2.26. The van der Waals surface area contributed by atoms with Crippen LogP contribution in [-0.4, -0.2) is 58.1 Å². The summed E-state index contributed by atoms with van der Waals surface area (Å²) in [6.45, 7) is 3.55. The highest BCUT2D eigenvalue weighted by Crippen LogP contribution is 2.10. The van der Waals surface area contributed by atoms with Gasteiger partial charge >= 0.3 is 5.97 Å². The lowest BCUT2D eigenvalue weighted by molar-refractivity contribution is -0.140. The minimum atomic E-state index is -4.09. The number of sulfonamides is 1. The van der Waals surface area contributed by atoms with E-state index in [0.717, 1.165) is 0 Å². The first-order valence-corrected chi connectivity index (χ1v) is 9.25. The Kier molecular flexibility index (Phi) is 6.54. The molecule has 0 aliphatic carbocycles. The Labute approximate surface area is 146 Å². The van der Waals surface area contributed by atoms with Gasteiger partial charge in [-0.05, 0) is 19.1 Å². The highest BCUT2D eigenvalue weighted by atomic mass is 32.2. The molecular formula is C16H20N2O6S. The molecule has 1 aromatic carbocycles. The average molecular weight is 368 g/mol. The maximum atomic E-state index is 12.4. The van der Waals surface area contributed by atoms with Crippen molar-refractivity contribution in [3.63, 3.8) is 0 Å². The van der Waals surface area contributed by atoms with Gasteiger partial charge in [0.15, 0.2) is 0 Å². The summed E-state index contributed by atoms with van der Waals surface area (Å²) in [5.74, 6) is -1.91.